The summed E-state index contributed by atoms with van der Waals surface area (Å²) in [7, 11) is 1.89. The standard InChI is InChI=1S/C27H30F3N5O/c1-15-12-20(10-11-35(15)19(5)36)24-13-22-25(14-31-24)34(6)18(4)33-26(22)32-17(3)21-8-7-9-23(16(21)2)27(28,29)30/h7-10,13-15,17H,11-12H2,1-6H3/t15-,17?/m1/s1. The number of hydrogen-bond donors (Lipinski definition) is 0. The SMILES string of the molecule is CC(=O)N1CC=C(c2cc3c(=NC(C)c4cccc(C(F)(F)F)c4C)nc(C)n(C)c3cn2)C[C@H]1C. The molecule has 0 fully saturated rings. The summed E-state index contributed by atoms with van der Waals surface area (Å²) in [5, 5.41) is 0.770. The van der Waals surface area contributed by atoms with E-state index in [9.17, 15) is 18.0 Å². The van der Waals surface area contributed by atoms with Crippen LogP contribution in [0.3, 0.4) is 0 Å². The molecule has 2 atom stereocenters. The molecule has 0 spiro atoms. The van der Waals surface area contributed by atoms with Crippen molar-refractivity contribution in [1.82, 2.24) is 19.4 Å². The molecule has 1 aliphatic heterocycles. The van der Waals surface area contributed by atoms with Gasteiger partial charge < -0.3 is 9.47 Å². The molecule has 1 aliphatic rings. The van der Waals surface area contributed by atoms with Gasteiger partial charge in [0.15, 0.2) is 5.49 Å². The maximum atomic E-state index is 13.5. The van der Waals surface area contributed by atoms with E-state index in [0.29, 0.717) is 29.8 Å². The second-order valence-corrected chi connectivity index (χ2v) is 9.40. The number of alkyl halides is 3. The number of carbonyl (C=O) groups excluding carboxylic acids is 1. The molecule has 0 saturated heterocycles. The molecule has 1 amide bonds. The highest BCUT2D eigenvalue weighted by atomic mass is 19.4. The number of rotatable bonds is 3. The van der Waals surface area contributed by atoms with Gasteiger partial charge >= 0.3 is 6.18 Å². The zero-order valence-corrected chi connectivity index (χ0v) is 21.3. The van der Waals surface area contributed by atoms with Gasteiger partial charge in [-0.25, -0.2) is 4.98 Å². The number of carbonyl (C=O) groups is 1. The van der Waals surface area contributed by atoms with Crippen molar-refractivity contribution in [3.05, 3.63) is 70.2 Å². The van der Waals surface area contributed by atoms with E-state index in [1.807, 2.05) is 42.5 Å². The van der Waals surface area contributed by atoms with Gasteiger partial charge in [0.1, 0.15) is 5.82 Å². The van der Waals surface area contributed by atoms with Gasteiger partial charge in [-0.05, 0) is 62.9 Å². The molecule has 9 heteroatoms. The number of aryl methyl sites for hydroxylation is 2. The van der Waals surface area contributed by atoms with Gasteiger partial charge in [-0.1, -0.05) is 18.2 Å². The minimum absolute atomic E-state index is 0.0379. The Morgan fingerprint density at radius 3 is 2.61 bits per heavy atom. The lowest BCUT2D eigenvalue weighted by molar-refractivity contribution is -0.138. The van der Waals surface area contributed by atoms with Crippen LogP contribution in [0.15, 0.2) is 41.5 Å². The predicted octanol–water partition coefficient (Wildman–Crippen LogP) is 5.29. The molecule has 36 heavy (non-hydrogen) atoms. The summed E-state index contributed by atoms with van der Waals surface area (Å²) in [6.45, 7) is 9.22. The molecule has 4 rings (SSSR count). The van der Waals surface area contributed by atoms with Crippen LogP contribution in [-0.4, -0.2) is 37.9 Å². The number of nitrogens with zero attached hydrogens (tertiary/aromatic N) is 5. The third-order valence-corrected chi connectivity index (χ3v) is 7.00. The Hall–Kier alpha value is -3.49. The fourth-order valence-electron chi connectivity index (χ4n) is 4.85. The Labute approximate surface area is 208 Å². The summed E-state index contributed by atoms with van der Waals surface area (Å²) in [5.41, 5.74) is 3.13. The summed E-state index contributed by atoms with van der Waals surface area (Å²) in [5.74, 6) is 0.752. The van der Waals surface area contributed by atoms with Crippen LogP contribution < -0.4 is 5.49 Å². The molecular weight excluding hydrogens is 467 g/mol. The third kappa shape index (κ3) is 4.79. The van der Waals surface area contributed by atoms with Crippen LogP contribution in [0.25, 0.3) is 16.5 Å². The first kappa shape index (κ1) is 25.6. The lowest BCUT2D eigenvalue weighted by atomic mass is 9.97. The van der Waals surface area contributed by atoms with Crippen molar-refractivity contribution in [2.45, 2.75) is 59.3 Å². The Morgan fingerprint density at radius 1 is 1.25 bits per heavy atom. The fourth-order valence-corrected chi connectivity index (χ4v) is 4.85. The van der Waals surface area contributed by atoms with E-state index < -0.39 is 17.8 Å². The molecule has 1 aromatic carbocycles. The van der Waals surface area contributed by atoms with Crippen molar-refractivity contribution in [1.29, 1.82) is 0 Å². The maximum Gasteiger partial charge on any atom is 0.416 e. The van der Waals surface area contributed by atoms with Crippen LogP contribution in [0.1, 0.15) is 61.4 Å². The number of benzene rings is 1. The van der Waals surface area contributed by atoms with E-state index in [1.54, 1.807) is 26.1 Å². The van der Waals surface area contributed by atoms with E-state index in [2.05, 4.69) is 9.97 Å². The van der Waals surface area contributed by atoms with Crippen LogP contribution in [0.4, 0.5) is 13.2 Å². The van der Waals surface area contributed by atoms with Crippen LogP contribution in [0.5, 0.6) is 0 Å². The summed E-state index contributed by atoms with van der Waals surface area (Å²) in [4.78, 5) is 27.8. The van der Waals surface area contributed by atoms with Crippen molar-refractivity contribution in [3.8, 4) is 0 Å². The van der Waals surface area contributed by atoms with Crippen LogP contribution in [0.2, 0.25) is 0 Å². The molecule has 3 heterocycles. The summed E-state index contributed by atoms with van der Waals surface area (Å²) < 4.78 is 42.3. The molecule has 1 unspecified atom stereocenters. The Kier molecular flexibility index (Phi) is 6.77. The van der Waals surface area contributed by atoms with E-state index in [-0.39, 0.29) is 17.5 Å². The first-order valence-electron chi connectivity index (χ1n) is 11.9. The van der Waals surface area contributed by atoms with Crippen LogP contribution in [0, 0.1) is 13.8 Å². The van der Waals surface area contributed by atoms with Gasteiger partial charge in [-0.3, -0.25) is 14.8 Å². The highest BCUT2D eigenvalue weighted by Gasteiger charge is 2.33. The molecule has 0 saturated carbocycles. The van der Waals surface area contributed by atoms with Gasteiger partial charge in [-0.15, -0.1) is 0 Å². The van der Waals surface area contributed by atoms with Crippen molar-refractivity contribution in [2.24, 2.45) is 12.0 Å². The lowest BCUT2D eigenvalue weighted by Crippen LogP contribution is -2.39. The first-order chi connectivity index (χ1) is 16.9. The zero-order chi connectivity index (χ0) is 26.4. The average molecular weight is 498 g/mol. The molecule has 190 valence electrons. The molecule has 0 aliphatic carbocycles. The number of aromatic nitrogens is 3. The third-order valence-electron chi connectivity index (χ3n) is 7.00. The average Bonchev–Trinajstić information content (AvgIpc) is 2.81. The molecule has 0 bridgehead atoms. The smallest absolute Gasteiger partial charge is 0.336 e. The zero-order valence-electron chi connectivity index (χ0n) is 21.3. The Morgan fingerprint density at radius 2 is 1.97 bits per heavy atom. The van der Waals surface area contributed by atoms with Crippen LogP contribution in [-0.2, 0) is 18.0 Å². The van der Waals surface area contributed by atoms with Gasteiger partial charge in [0.2, 0.25) is 5.91 Å². The summed E-state index contributed by atoms with van der Waals surface area (Å²) in [6.07, 6.45) is 0.0467. The van der Waals surface area contributed by atoms with Gasteiger partial charge in [0, 0.05) is 31.9 Å². The minimum atomic E-state index is -4.43. The lowest BCUT2D eigenvalue weighted by Gasteiger charge is -2.32. The Balaban J connectivity index is 1.84. The molecule has 2 aromatic heterocycles. The molecule has 0 radical (unpaired) electrons. The van der Waals surface area contributed by atoms with Crippen molar-refractivity contribution < 1.29 is 18.0 Å². The highest BCUT2D eigenvalue weighted by Crippen LogP contribution is 2.35. The van der Waals surface area contributed by atoms with E-state index >= 15 is 0 Å². The quantitative estimate of drug-likeness (QED) is 0.494. The first-order valence-corrected chi connectivity index (χ1v) is 11.9. The van der Waals surface area contributed by atoms with Crippen molar-refractivity contribution in [3.63, 3.8) is 0 Å². The molecule has 0 N–H and O–H groups in total. The fraction of sp³-hybridized carbons (Fsp3) is 0.407. The Bertz CT molecular complexity index is 1440. The summed E-state index contributed by atoms with van der Waals surface area (Å²) in [6, 6.07) is 5.65. The molecule has 3 aromatic rings. The molecule has 6 nitrogen and oxygen atoms in total. The largest absolute Gasteiger partial charge is 0.416 e. The van der Waals surface area contributed by atoms with E-state index in [0.717, 1.165) is 28.2 Å². The number of fused-ring (bicyclic) bond motifs is 1. The topological polar surface area (TPSA) is 63.4 Å². The molecular formula is C27H30F3N5O. The maximum absolute atomic E-state index is 13.5. The normalized spacial score (nSPS) is 17.9. The van der Waals surface area contributed by atoms with Crippen molar-refractivity contribution in [2.75, 3.05) is 6.54 Å². The number of pyridine rings is 1. The monoisotopic (exact) mass is 497 g/mol. The van der Waals surface area contributed by atoms with Gasteiger partial charge in [-0.2, -0.15) is 13.2 Å². The highest BCUT2D eigenvalue weighted by molar-refractivity contribution is 5.82. The number of amides is 1. The second-order valence-electron chi connectivity index (χ2n) is 9.40. The predicted molar refractivity (Wildman–Crippen MR) is 133 cm³/mol. The van der Waals surface area contributed by atoms with Crippen LogP contribution >= 0.6 is 0 Å². The second kappa shape index (κ2) is 9.52. The number of hydrogen-bond acceptors (Lipinski definition) is 4. The van der Waals surface area contributed by atoms with E-state index in [4.69, 9.17) is 4.99 Å². The van der Waals surface area contributed by atoms with Crippen molar-refractivity contribution >= 4 is 22.4 Å². The number of halogens is 3. The van der Waals surface area contributed by atoms with E-state index in [1.165, 1.54) is 13.0 Å². The van der Waals surface area contributed by atoms with Gasteiger partial charge in [0.05, 0.1) is 29.0 Å². The van der Waals surface area contributed by atoms with Gasteiger partial charge in [0.25, 0.3) is 0 Å². The minimum Gasteiger partial charge on any atom is -0.336 e. The summed E-state index contributed by atoms with van der Waals surface area (Å²) >= 11 is 0.